The Morgan fingerprint density at radius 1 is 1.23 bits per heavy atom. The number of amides is 1. The summed E-state index contributed by atoms with van der Waals surface area (Å²) in [5.41, 5.74) is 0.501. The molecule has 0 unspecified atom stereocenters. The zero-order valence-corrected chi connectivity index (χ0v) is 8.55. The molecular formula is C10H18N2O. The van der Waals surface area contributed by atoms with Gasteiger partial charge in [0.2, 0.25) is 5.91 Å². The minimum Gasteiger partial charge on any atom is -0.341 e. The SMILES string of the molecule is CCC(=O)N1CC2(CN(CC)C2)C1. The molecule has 2 aliphatic rings. The number of nitrogens with zero attached hydrogens (tertiary/aromatic N) is 2. The van der Waals surface area contributed by atoms with E-state index < -0.39 is 0 Å². The number of likely N-dealkylation sites (tertiary alicyclic amines) is 2. The van der Waals surface area contributed by atoms with Gasteiger partial charge in [-0.15, -0.1) is 0 Å². The number of hydrogen-bond donors (Lipinski definition) is 0. The van der Waals surface area contributed by atoms with E-state index in [4.69, 9.17) is 0 Å². The summed E-state index contributed by atoms with van der Waals surface area (Å²) in [6, 6.07) is 0. The minimum absolute atomic E-state index is 0.320. The van der Waals surface area contributed by atoms with Crippen molar-refractivity contribution in [1.29, 1.82) is 0 Å². The lowest BCUT2D eigenvalue weighted by Crippen LogP contribution is -2.72. The van der Waals surface area contributed by atoms with E-state index in [1.807, 2.05) is 11.8 Å². The molecule has 0 N–H and O–H groups in total. The molecule has 2 heterocycles. The van der Waals surface area contributed by atoms with E-state index in [0.29, 0.717) is 17.7 Å². The Labute approximate surface area is 79.7 Å². The van der Waals surface area contributed by atoms with Crippen molar-refractivity contribution in [3.05, 3.63) is 0 Å². The van der Waals surface area contributed by atoms with E-state index >= 15 is 0 Å². The molecule has 0 aromatic carbocycles. The van der Waals surface area contributed by atoms with Crippen LogP contribution in [0.15, 0.2) is 0 Å². The molecule has 0 radical (unpaired) electrons. The Morgan fingerprint density at radius 3 is 2.31 bits per heavy atom. The molecule has 13 heavy (non-hydrogen) atoms. The summed E-state index contributed by atoms with van der Waals surface area (Å²) in [7, 11) is 0. The lowest BCUT2D eigenvalue weighted by Gasteiger charge is -2.60. The van der Waals surface area contributed by atoms with Crippen molar-refractivity contribution in [2.24, 2.45) is 5.41 Å². The van der Waals surface area contributed by atoms with E-state index in [-0.39, 0.29) is 0 Å². The molecule has 1 amide bonds. The Morgan fingerprint density at radius 2 is 1.85 bits per heavy atom. The average Bonchev–Trinajstić information content (AvgIpc) is 1.99. The number of carbonyl (C=O) groups is 1. The second kappa shape index (κ2) is 2.98. The molecule has 2 saturated heterocycles. The first-order valence-corrected chi connectivity index (χ1v) is 5.19. The highest BCUT2D eigenvalue weighted by Crippen LogP contribution is 2.39. The number of carbonyl (C=O) groups excluding carboxylic acids is 1. The highest BCUT2D eigenvalue weighted by Gasteiger charge is 2.51. The van der Waals surface area contributed by atoms with Gasteiger partial charge in [0.1, 0.15) is 0 Å². The second-order valence-electron chi connectivity index (χ2n) is 4.41. The quantitative estimate of drug-likeness (QED) is 0.623. The van der Waals surface area contributed by atoms with Crippen LogP contribution in [0.1, 0.15) is 20.3 Å². The van der Waals surface area contributed by atoms with Gasteiger partial charge >= 0.3 is 0 Å². The van der Waals surface area contributed by atoms with Gasteiger partial charge in [0.05, 0.1) is 0 Å². The van der Waals surface area contributed by atoms with Crippen molar-refractivity contribution in [1.82, 2.24) is 9.80 Å². The number of rotatable bonds is 2. The standard InChI is InChI=1S/C10H18N2O/c1-3-9(13)12-7-10(8-12)5-11(4-2)6-10/h3-8H2,1-2H3. The van der Waals surface area contributed by atoms with Gasteiger partial charge in [-0.2, -0.15) is 0 Å². The highest BCUT2D eigenvalue weighted by molar-refractivity contribution is 5.77. The molecule has 3 nitrogen and oxygen atoms in total. The third-order valence-electron chi connectivity index (χ3n) is 3.27. The van der Waals surface area contributed by atoms with Crippen LogP contribution in [-0.2, 0) is 4.79 Å². The Balaban J connectivity index is 1.76. The van der Waals surface area contributed by atoms with Crippen molar-refractivity contribution < 1.29 is 4.79 Å². The molecule has 0 bridgehead atoms. The minimum atomic E-state index is 0.320. The Hall–Kier alpha value is -0.570. The fourth-order valence-electron chi connectivity index (χ4n) is 2.49. The highest BCUT2D eigenvalue weighted by atomic mass is 16.2. The van der Waals surface area contributed by atoms with Crippen LogP contribution in [0, 0.1) is 5.41 Å². The van der Waals surface area contributed by atoms with E-state index in [9.17, 15) is 4.79 Å². The molecule has 2 fully saturated rings. The summed E-state index contributed by atoms with van der Waals surface area (Å²) in [4.78, 5) is 15.7. The van der Waals surface area contributed by atoms with Crippen LogP contribution >= 0.6 is 0 Å². The summed E-state index contributed by atoms with van der Waals surface area (Å²) in [5.74, 6) is 0.320. The summed E-state index contributed by atoms with van der Waals surface area (Å²) in [5, 5.41) is 0. The van der Waals surface area contributed by atoms with Crippen molar-refractivity contribution in [2.75, 3.05) is 32.7 Å². The van der Waals surface area contributed by atoms with Gasteiger partial charge < -0.3 is 9.80 Å². The zero-order chi connectivity index (χ0) is 9.47. The van der Waals surface area contributed by atoms with E-state index in [1.165, 1.54) is 13.1 Å². The first-order chi connectivity index (χ1) is 6.19. The van der Waals surface area contributed by atoms with E-state index in [0.717, 1.165) is 19.6 Å². The van der Waals surface area contributed by atoms with Crippen molar-refractivity contribution >= 4 is 5.91 Å². The topological polar surface area (TPSA) is 23.6 Å². The van der Waals surface area contributed by atoms with Crippen molar-refractivity contribution in [2.45, 2.75) is 20.3 Å². The van der Waals surface area contributed by atoms with Crippen LogP contribution in [-0.4, -0.2) is 48.4 Å². The monoisotopic (exact) mass is 182 g/mol. The predicted octanol–water partition coefficient (Wildman–Crippen LogP) is 0.560. The smallest absolute Gasteiger partial charge is 0.222 e. The van der Waals surface area contributed by atoms with Gasteiger partial charge in [0, 0.05) is 38.0 Å². The first-order valence-electron chi connectivity index (χ1n) is 5.19. The molecule has 1 spiro atoms. The zero-order valence-electron chi connectivity index (χ0n) is 8.55. The molecular weight excluding hydrogens is 164 g/mol. The van der Waals surface area contributed by atoms with Crippen molar-refractivity contribution in [3.63, 3.8) is 0 Å². The summed E-state index contributed by atoms with van der Waals surface area (Å²) in [6.07, 6.45) is 0.660. The Bertz CT molecular complexity index is 213. The van der Waals surface area contributed by atoms with Crippen LogP contribution in [0.5, 0.6) is 0 Å². The molecule has 2 aliphatic heterocycles. The van der Waals surface area contributed by atoms with Gasteiger partial charge in [-0.1, -0.05) is 13.8 Å². The fourth-order valence-corrected chi connectivity index (χ4v) is 2.49. The predicted molar refractivity (Wildman–Crippen MR) is 51.4 cm³/mol. The fraction of sp³-hybridized carbons (Fsp3) is 0.900. The number of hydrogen-bond acceptors (Lipinski definition) is 2. The van der Waals surface area contributed by atoms with Crippen LogP contribution in [0.2, 0.25) is 0 Å². The van der Waals surface area contributed by atoms with Crippen LogP contribution in [0.3, 0.4) is 0 Å². The van der Waals surface area contributed by atoms with Crippen LogP contribution < -0.4 is 0 Å². The molecule has 0 aliphatic carbocycles. The lowest BCUT2D eigenvalue weighted by atomic mass is 9.73. The van der Waals surface area contributed by atoms with Gasteiger partial charge in [0.25, 0.3) is 0 Å². The molecule has 3 heteroatoms. The van der Waals surface area contributed by atoms with Gasteiger partial charge in [0.15, 0.2) is 0 Å². The molecule has 0 saturated carbocycles. The normalized spacial score (nSPS) is 25.5. The maximum Gasteiger partial charge on any atom is 0.222 e. The third kappa shape index (κ3) is 1.35. The van der Waals surface area contributed by atoms with E-state index in [2.05, 4.69) is 11.8 Å². The molecule has 0 atom stereocenters. The van der Waals surface area contributed by atoms with E-state index in [1.54, 1.807) is 0 Å². The summed E-state index contributed by atoms with van der Waals surface area (Å²) < 4.78 is 0. The van der Waals surface area contributed by atoms with Crippen LogP contribution in [0.4, 0.5) is 0 Å². The Kier molecular flexibility index (Phi) is 2.06. The van der Waals surface area contributed by atoms with Crippen LogP contribution in [0.25, 0.3) is 0 Å². The lowest BCUT2D eigenvalue weighted by molar-refractivity contribution is -0.158. The summed E-state index contributed by atoms with van der Waals surface area (Å²) in [6.45, 7) is 9.72. The first kappa shape index (κ1) is 9.00. The second-order valence-corrected chi connectivity index (χ2v) is 4.41. The van der Waals surface area contributed by atoms with Gasteiger partial charge in [-0.3, -0.25) is 4.79 Å². The average molecular weight is 182 g/mol. The maximum absolute atomic E-state index is 11.3. The van der Waals surface area contributed by atoms with Crippen molar-refractivity contribution in [3.8, 4) is 0 Å². The molecule has 0 aromatic rings. The molecule has 74 valence electrons. The summed E-state index contributed by atoms with van der Waals surface area (Å²) >= 11 is 0. The largest absolute Gasteiger partial charge is 0.341 e. The van der Waals surface area contributed by atoms with Gasteiger partial charge in [-0.05, 0) is 6.54 Å². The molecule has 2 rings (SSSR count). The third-order valence-corrected chi connectivity index (χ3v) is 3.27. The van der Waals surface area contributed by atoms with Gasteiger partial charge in [-0.25, -0.2) is 0 Å². The molecule has 0 aromatic heterocycles. The maximum atomic E-state index is 11.3.